The number of nitrogens with one attached hydrogen (secondary N) is 4. The van der Waals surface area contributed by atoms with E-state index in [0.717, 1.165) is 71.0 Å². The molecule has 56 heavy (non-hydrogen) atoms. The Bertz CT molecular complexity index is 1810. The SMILES string of the molecule is COC(=O)N[C@@H](C(=O)N1CCCC1c1ncc(-c2ccc(-c3ccc(-c4cnc(C5CCCN5C(=O)[C@H](NC(=O)OC)C(C)C)[nH]4)cc3)cc2)[nH]1)C(C)C.Cl.Cl. The molecule has 2 unspecified atom stereocenters. The number of carbonyl (C=O) groups is 4. The van der Waals surface area contributed by atoms with E-state index in [4.69, 9.17) is 9.47 Å². The van der Waals surface area contributed by atoms with Crippen LogP contribution in [-0.4, -0.2) is 93.1 Å². The summed E-state index contributed by atoms with van der Waals surface area (Å²) in [6, 6.07) is 14.7. The minimum Gasteiger partial charge on any atom is -0.453 e. The number of halogens is 2. The summed E-state index contributed by atoms with van der Waals surface area (Å²) in [7, 11) is 2.58. The van der Waals surface area contributed by atoms with E-state index in [1.807, 2.05) is 52.0 Å². The number of nitrogens with zero attached hydrogens (tertiary/aromatic N) is 4. The number of rotatable bonds is 11. The van der Waals surface area contributed by atoms with Gasteiger partial charge in [0, 0.05) is 13.1 Å². The highest BCUT2D eigenvalue weighted by Crippen LogP contribution is 2.35. The molecule has 2 aromatic heterocycles. The van der Waals surface area contributed by atoms with Gasteiger partial charge in [0.15, 0.2) is 0 Å². The molecule has 0 aliphatic carbocycles. The smallest absolute Gasteiger partial charge is 0.407 e. The Morgan fingerprint density at radius 3 is 1.29 bits per heavy atom. The Labute approximate surface area is 339 Å². The van der Waals surface area contributed by atoms with Gasteiger partial charge in [-0.1, -0.05) is 76.2 Å². The van der Waals surface area contributed by atoms with Crippen LogP contribution < -0.4 is 10.6 Å². The molecule has 302 valence electrons. The summed E-state index contributed by atoms with van der Waals surface area (Å²) in [6.07, 6.45) is 5.61. The molecule has 2 aromatic carbocycles. The second kappa shape index (κ2) is 19.2. The number of hydrogen-bond acceptors (Lipinski definition) is 8. The lowest BCUT2D eigenvalue weighted by molar-refractivity contribution is -0.136. The van der Waals surface area contributed by atoms with Crippen LogP contribution in [0.1, 0.15) is 77.1 Å². The number of aromatic nitrogens is 4. The van der Waals surface area contributed by atoms with Crippen LogP contribution in [-0.2, 0) is 19.1 Å². The Balaban J connectivity index is 0.00000348. The van der Waals surface area contributed by atoms with Gasteiger partial charge < -0.3 is 39.9 Å². The first kappa shape index (κ1) is 43.6. The molecule has 4 atom stereocenters. The lowest BCUT2D eigenvalue weighted by atomic mass is 10.0. The maximum Gasteiger partial charge on any atom is 0.407 e. The number of imidazole rings is 2. The standard InChI is InChI=1S/C40H50N8O6.2ClH/c1-23(2)33(45-39(51)53-5)37(49)47-19-7-9-31(47)35-41-21-29(43-35)27-15-11-25(12-16-27)26-13-17-28(18-14-26)30-22-42-36(44-30)32-10-8-20-48(32)38(50)34(24(3)4)46-40(52)54-6;;/h11-18,21-24,31-34H,7-10,19-20H2,1-6H3,(H,41,43)(H,42,44)(H,45,51)(H,46,52);2*1H/t31?,32?,33-,34-;;/m1../s1. The topological polar surface area (TPSA) is 175 Å². The molecule has 4 aromatic rings. The van der Waals surface area contributed by atoms with Crippen molar-refractivity contribution in [2.24, 2.45) is 11.8 Å². The van der Waals surface area contributed by atoms with Crippen molar-refractivity contribution < 1.29 is 28.7 Å². The van der Waals surface area contributed by atoms with E-state index in [1.54, 1.807) is 22.2 Å². The second-order valence-electron chi connectivity index (χ2n) is 14.6. The zero-order chi connectivity index (χ0) is 38.5. The molecule has 0 saturated carbocycles. The summed E-state index contributed by atoms with van der Waals surface area (Å²) in [5.41, 5.74) is 5.78. The van der Waals surface area contributed by atoms with Crippen LogP contribution in [0, 0.1) is 11.8 Å². The van der Waals surface area contributed by atoms with Gasteiger partial charge in [0.05, 0.1) is 50.1 Å². The molecule has 4 N–H and O–H groups in total. The van der Waals surface area contributed by atoms with E-state index in [1.165, 1.54) is 14.2 Å². The fourth-order valence-corrected chi connectivity index (χ4v) is 7.38. The van der Waals surface area contributed by atoms with Crippen LogP contribution in [0.3, 0.4) is 0 Å². The third kappa shape index (κ3) is 9.47. The number of likely N-dealkylation sites (tertiary alicyclic amines) is 2. The lowest BCUT2D eigenvalue weighted by Gasteiger charge is -2.30. The summed E-state index contributed by atoms with van der Waals surface area (Å²) in [5, 5.41) is 5.38. The molecule has 2 aliphatic heterocycles. The van der Waals surface area contributed by atoms with Gasteiger partial charge in [0.1, 0.15) is 23.7 Å². The van der Waals surface area contributed by atoms with E-state index in [-0.39, 0.29) is 60.5 Å². The Hall–Kier alpha value is -5.08. The Morgan fingerprint density at radius 1 is 0.625 bits per heavy atom. The van der Waals surface area contributed by atoms with Crippen LogP contribution in [0.15, 0.2) is 60.9 Å². The number of carbonyl (C=O) groups excluding carboxylic acids is 4. The van der Waals surface area contributed by atoms with Crippen LogP contribution in [0.5, 0.6) is 0 Å². The van der Waals surface area contributed by atoms with Gasteiger partial charge in [0.2, 0.25) is 11.8 Å². The minimum atomic E-state index is -0.687. The van der Waals surface area contributed by atoms with Crippen molar-refractivity contribution in [1.29, 1.82) is 0 Å². The molecule has 4 amide bonds. The predicted molar refractivity (Wildman–Crippen MR) is 217 cm³/mol. The van der Waals surface area contributed by atoms with Crippen LogP contribution in [0.4, 0.5) is 9.59 Å². The lowest BCUT2D eigenvalue weighted by Crippen LogP contribution is -2.51. The number of hydrogen-bond donors (Lipinski definition) is 4. The number of alkyl carbamates (subject to hydrolysis) is 2. The van der Waals surface area contributed by atoms with Gasteiger partial charge in [-0.2, -0.15) is 0 Å². The normalized spacial score (nSPS) is 17.5. The molecule has 0 spiro atoms. The molecule has 16 heteroatoms. The average Bonchev–Trinajstić information content (AvgIpc) is 4.02. The summed E-state index contributed by atoms with van der Waals surface area (Å²) in [4.78, 5) is 70.7. The van der Waals surface area contributed by atoms with Gasteiger partial charge in [-0.3, -0.25) is 9.59 Å². The van der Waals surface area contributed by atoms with Crippen molar-refractivity contribution in [3.8, 4) is 33.6 Å². The Morgan fingerprint density at radius 2 is 0.964 bits per heavy atom. The van der Waals surface area contributed by atoms with E-state index < -0.39 is 24.3 Å². The first-order valence-electron chi connectivity index (χ1n) is 18.6. The molecule has 2 fully saturated rings. The van der Waals surface area contributed by atoms with Crippen molar-refractivity contribution in [2.45, 2.75) is 77.5 Å². The van der Waals surface area contributed by atoms with Crippen LogP contribution in [0.2, 0.25) is 0 Å². The fraction of sp³-hybridized carbons (Fsp3) is 0.450. The maximum absolute atomic E-state index is 13.5. The highest BCUT2D eigenvalue weighted by molar-refractivity contribution is 5.87. The first-order chi connectivity index (χ1) is 26.0. The first-order valence-corrected chi connectivity index (χ1v) is 18.6. The number of methoxy groups -OCH3 is 2. The van der Waals surface area contributed by atoms with Gasteiger partial charge in [-0.15, -0.1) is 24.8 Å². The van der Waals surface area contributed by atoms with Gasteiger partial charge >= 0.3 is 12.2 Å². The number of ether oxygens (including phenoxy) is 2. The summed E-state index contributed by atoms with van der Waals surface area (Å²) < 4.78 is 9.50. The highest BCUT2D eigenvalue weighted by atomic mass is 35.5. The van der Waals surface area contributed by atoms with Gasteiger partial charge in [-0.25, -0.2) is 19.6 Å². The number of amides is 4. The van der Waals surface area contributed by atoms with Gasteiger partial charge in [-0.05, 0) is 59.8 Å². The van der Waals surface area contributed by atoms with Gasteiger partial charge in [0.25, 0.3) is 0 Å². The molecule has 2 saturated heterocycles. The van der Waals surface area contributed by atoms with Crippen molar-refractivity contribution in [3.05, 3.63) is 72.6 Å². The van der Waals surface area contributed by atoms with E-state index in [0.29, 0.717) is 13.1 Å². The van der Waals surface area contributed by atoms with Crippen molar-refractivity contribution in [1.82, 2.24) is 40.4 Å². The molecule has 0 bridgehead atoms. The summed E-state index contributed by atoms with van der Waals surface area (Å²) >= 11 is 0. The highest BCUT2D eigenvalue weighted by Gasteiger charge is 2.39. The number of H-pyrrole nitrogens is 2. The summed E-state index contributed by atoms with van der Waals surface area (Å²) in [5.74, 6) is 0.955. The molecule has 4 heterocycles. The predicted octanol–water partition coefficient (Wildman–Crippen LogP) is 7.07. The molecular formula is C40H52Cl2N8O6. The quantitative estimate of drug-likeness (QED) is 0.125. The molecular weight excluding hydrogens is 759 g/mol. The van der Waals surface area contributed by atoms with Crippen molar-refractivity contribution in [3.63, 3.8) is 0 Å². The average molecular weight is 812 g/mol. The molecule has 2 aliphatic rings. The molecule has 0 radical (unpaired) electrons. The molecule has 6 rings (SSSR count). The Kier molecular flexibility index (Phi) is 14.9. The third-order valence-electron chi connectivity index (χ3n) is 10.4. The van der Waals surface area contributed by atoms with E-state index in [2.05, 4.69) is 54.8 Å². The van der Waals surface area contributed by atoms with E-state index >= 15 is 0 Å². The van der Waals surface area contributed by atoms with E-state index in [9.17, 15) is 19.2 Å². The van der Waals surface area contributed by atoms with Crippen molar-refractivity contribution >= 4 is 48.8 Å². The zero-order valence-electron chi connectivity index (χ0n) is 32.5. The largest absolute Gasteiger partial charge is 0.453 e. The zero-order valence-corrected chi connectivity index (χ0v) is 34.2. The monoisotopic (exact) mass is 810 g/mol. The maximum atomic E-state index is 13.5. The second-order valence-corrected chi connectivity index (χ2v) is 14.6. The summed E-state index contributed by atoms with van der Waals surface area (Å²) in [6.45, 7) is 8.78. The fourth-order valence-electron chi connectivity index (χ4n) is 7.38. The third-order valence-corrected chi connectivity index (χ3v) is 10.4. The minimum absolute atomic E-state index is 0. The van der Waals surface area contributed by atoms with Crippen LogP contribution in [0.25, 0.3) is 33.6 Å². The number of aromatic amines is 2. The molecule has 14 nitrogen and oxygen atoms in total. The number of benzene rings is 2. The van der Waals surface area contributed by atoms with Crippen molar-refractivity contribution in [2.75, 3.05) is 27.3 Å². The van der Waals surface area contributed by atoms with Crippen LogP contribution >= 0.6 is 24.8 Å².